The van der Waals surface area contributed by atoms with E-state index in [0.29, 0.717) is 11.4 Å². The Labute approximate surface area is 117 Å². The van der Waals surface area contributed by atoms with E-state index in [4.69, 9.17) is 10.5 Å². The first kappa shape index (κ1) is 12.5. The summed E-state index contributed by atoms with van der Waals surface area (Å²) in [5.74, 6) is 1.47. The van der Waals surface area contributed by atoms with E-state index < -0.39 is 0 Å². The fraction of sp³-hybridized carbons (Fsp3) is 0.200. The molecule has 0 fully saturated rings. The highest BCUT2D eigenvalue weighted by molar-refractivity contribution is 5.96. The van der Waals surface area contributed by atoms with E-state index in [-0.39, 0.29) is 0 Å². The van der Waals surface area contributed by atoms with Gasteiger partial charge in [0.1, 0.15) is 5.75 Å². The maximum atomic E-state index is 5.98. The van der Waals surface area contributed by atoms with Crippen molar-refractivity contribution in [1.29, 1.82) is 0 Å². The van der Waals surface area contributed by atoms with Crippen LogP contribution in [0.5, 0.6) is 11.5 Å². The number of aromatic nitrogens is 3. The van der Waals surface area contributed by atoms with Gasteiger partial charge in [-0.2, -0.15) is 5.10 Å². The van der Waals surface area contributed by atoms with E-state index in [2.05, 4.69) is 10.1 Å². The number of ether oxygens (including phenoxy) is 1. The van der Waals surface area contributed by atoms with Crippen LogP contribution in [0, 0.1) is 6.92 Å². The van der Waals surface area contributed by atoms with Crippen molar-refractivity contribution in [1.82, 2.24) is 14.8 Å². The van der Waals surface area contributed by atoms with Crippen LogP contribution >= 0.6 is 0 Å². The lowest BCUT2D eigenvalue weighted by Crippen LogP contribution is -1.93. The molecule has 2 N–H and O–H groups in total. The molecule has 0 atom stereocenters. The number of hydrogen-bond acceptors (Lipinski definition) is 4. The van der Waals surface area contributed by atoms with Crippen LogP contribution in [0.15, 0.2) is 36.8 Å². The van der Waals surface area contributed by atoms with Gasteiger partial charge < -0.3 is 10.5 Å². The molecule has 0 bridgehead atoms. The number of aryl methyl sites for hydroxylation is 2. The maximum Gasteiger partial charge on any atom is 0.165 e. The molecule has 1 aromatic carbocycles. The summed E-state index contributed by atoms with van der Waals surface area (Å²) >= 11 is 0. The van der Waals surface area contributed by atoms with Crippen LogP contribution in [0.2, 0.25) is 0 Å². The van der Waals surface area contributed by atoms with Crippen molar-refractivity contribution in [2.45, 2.75) is 20.4 Å². The molecular weight excluding hydrogens is 252 g/mol. The zero-order valence-corrected chi connectivity index (χ0v) is 11.5. The van der Waals surface area contributed by atoms with Gasteiger partial charge in [0.2, 0.25) is 0 Å². The highest BCUT2D eigenvalue weighted by Crippen LogP contribution is 2.33. The van der Waals surface area contributed by atoms with Gasteiger partial charge >= 0.3 is 0 Å². The Hall–Kier alpha value is -2.56. The second-order valence-electron chi connectivity index (χ2n) is 4.66. The van der Waals surface area contributed by atoms with Gasteiger partial charge in [0.25, 0.3) is 0 Å². The van der Waals surface area contributed by atoms with Crippen LogP contribution in [-0.4, -0.2) is 14.8 Å². The molecule has 3 aromatic rings. The second-order valence-corrected chi connectivity index (χ2v) is 4.66. The fourth-order valence-electron chi connectivity index (χ4n) is 2.12. The van der Waals surface area contributed by atoms with Crippen LogP contribution in [0.25, 0.3) is 10.8 Å². The van der Waals surface area contributed by atoms with Gasteiger partial charge in [-0.15, -0.1) is 0 Å². The zero-order valence-electron chi connectivity index (χ0n) is 11.5. The predicted molar refractivity (Wildman–Crippen MR) is 78.9 cm³/mol. The van der Waals surface area contributed by atoms with Crippen LogP contribution in [0.4, 0.5) is 5.69 Å². The van der Waals surface area contributed by atoms with Crippen molar-refractivity contribution in [2.24, 2.45) is 0 Å². The van der Waals surface area contributed by atoms with Gasteiger partial charge in [0.05, 0.1) is 12.4 Å². The molecule has 0 radical (unpaired) electrons. The van der Waals surface area contributed by atoms with Crippen molar-refractivity contribution in [2.75, 3.05) is 5.73 Å². The van der Waals surface area contributed by atoms with Crippen LogP contribution in [-0.2, 0) is 6.54 Å². The fourth-order valence-corrected chi connectivity index (χ4v) is 2.12. The molecule has 102 valence electrons. The maximum absolute atomic E-state index is 5.98. The lowest BCUT2D eigenvalue weighted by atomic mass is 10.1. The Morgan fingerprint density at radius 1 is 1.25 bits per heavy atom. The summed E-state index contributed by atoms with van der Waals surface area (Å²) in [4.78, 5) is 4.28. The molecule has 0 unspecified atom stereocenters. The molecule has 0 aliphatic rings. The molecule has 20 heavy (non-hydrogen) atoms. The standard InChI is InChI=1S/C15H16N4O/c1-3-19-9-11(7-18-19)20-15-5-4-14(16)13-8-17-10(2)6-12(13)15/h4-9H,3,16H2,1-2H3. The lowest BCUT2D eigenvalue weighted by molar-refractivity contribution is 0.487. The second kappa shape index (κ2) is 4.85. The van der Waals surface area contributed by atoms with Gasteiger partial charge in [-0.05, 0) is 32.0 Å². The molecule has 2 aromatic heterocycles. The zero-order chi connectivity index (χ0) is 14.1. The normalized spacial score (nSPS) is 10.9. The van der Waals surface area contributed by atoms with Crippen molar-refractivity contribution in [3.05, 3.63) is 42.5 Å². The third-order valence-electron chi connectivity index (χ3n) is 3.19. The van der Waals surface area contributed by atoms with Gasteiger partial charge in [0.15, 0.2) is 5.75 Å². The summed E-state index contributed by atoms with van der Waals surface area (Å²) in [6.07, 6.45) is 5.36. The largest absolute Gasteiger partial charge is 0.453 e. The van der Waals surface area contributed by atoms with Gasteiger partial charge in [-0.3, -0.25) is 9.67 Å². The minimum atomic E-state index is 0.698. The quantitative estimate of drug-likeness (QED) is 0.741. The third-order valence-corrected chi connectivity index (χ3v) is 3.19. The van der Waals surface area contributed by atoms with E-state index in [1.165, 1.54) is 0 Å². The first-order valence-electron chi connectivity index (χ1n) is 6.52. The van der Waals surface area contributed by atoms with Crippen LogP contribution in [0.1, 0.15) is 12.6 Å². The number of anilines is 1. The predicted octanol–water partition coefficient (Wildman–Crippen LogP) is 3.13. The van der Waals surface area contributed by atoms with Crippen LogP contribution < -0.4 is 10.5 Å². The Morgan fingerprint density at radius 2 is 2.10 bits per heavy atom. The highest BCUT2D eigenvalue weighted by atomic mass is 16.5. The summed E-state index contributed by atoms with van der Waals surface area (Å²) in [6.45, 7) is 4.79. The summed E-state index contributed by atoms with van der Waals surface area (Å²) in [5, 5.41) is 6.06. The highest BCUT2D eigenvalue weighted by Gasteiger charge is 2.08. The van der Waals surface area contributed by atoms with Crippen molar-refractivity contribution in [3.8, 4) is 11.5 Å². The summed E-state index contributed by atoms with van der Waals surface area (Å²) in [5.41, 5.74) is 7.61. The van der Waals surface area contributed by atoms with Crippen molar-refractivity contribution in [3.63, 3.8) is 0 Å². The van der Waals surface area contributed by atoms with Crippen molar-refractivity contribution < 1.29 is 4.74 Å². The molecule has 3 rings (SSSR count). The number of nitrogen functional groups attached to an aromatic ring is 1. The third kappa shape index (κ3) is 2.18. The summed E-state index contributed by atoms with van der Waals surface area (Å²) in [6, 6.07) is 5.69. The molecule has 0 saturated heterocycles. The SMILES string of the molecule is CCn1cc(Oc2ccc(N)c3cnc(C)cc23)cn1. The molecular formula is C15H16N4O. The Bertz CT molecular complexity index is 764. The summed E-state index contributed by atoms with van der Waals surface area (Å²) < 4.78 is 7.74. The average Bonchev–Trinajstić information content (AvgIpc) is 2.90. The number of pyridine rings is 1. The Morgan fingerprint density at radius 3 is 2.85 bits per heavy atom. The van der Waals surface area contributed by atoms with Gasteiger partial charge in [-0.25, -0.2) is 0 Å². The molecule has 0 saturated carbocycles. The van der Waals surface area contributed by atoms with E-state index in [9.17, 15) is 0 Å². The first-order valence-corrected chi connectivity index (χ1v) is 6.52. The van der Waals surface area contributed by atoms with E-state index in [0.717, 1.165) is 28.8 Å². The van der Waals surface area contributed by atoms with E-state index in [1.807, 2.05) is 42.9 Å². The van der Waals surface area contributed by atoms with E-state index in [1.54, 1.807) is 12.4 Å². The minimum Gasteiger partial charge on any atom is -0.453 e. The molecule has 5 nitrogen and oxygen atoms in total. The Balaban J connectivity index is 2.06. The number of rotatable bonds is 3. The Kier molecular flexibility index (Phi) is 3.02. The topological polar surface area (TPSA) is 66.0 Å². The molecule has 5 heteroatoms. The number of benzene rings is 1. The van der Waals surface area contributed by atoms with Gasteiger partial charge in [0, 0.05) is 34.9 Å². The van der Waals surface area contributed by atoms with Crippen molar-refractivity contribution >= 4 is 16.5 Å². The molecule has 0 amide bonds. The summed E-state index contributed by atoms with van der Waals surface area (Å²) in [7, 11) is 0. The number of nitrogens with zero attached hydrogens (tertiary/aromatic N) is 3. The van der Waals surface area contributed by atoms with E-state index >= 15 is 0 Å². The first-order chi connectivity index (χ1) is 9.67. The average molecular weight is 268 g/mol. The molecule has 0 aliphatic heterocycles. The van der Waals surface area contributed by atoms with Gasteiger partial charge in [-0.1, -0.05) is 0 Å². The number of hydrogen-bond donors (Lipinski definition) is 1. The molecule has 0 aliphatic carbocycles. The monoisotopic (exact) mass is 268 g/mol. The molecule has 2 heterocycles. The number of nitrogens with two attached hydrogens (primary N) is 1. The number of fused-ring (bicyclic) bond motifs is 1. The van der Waals surface area contributed by atoms with Crippen LogP contribution in [0.3, 0.4) is 0 Å². The molecule has 0 spiro atoms. The smallest absolute Gasteiger partial charge is 0.165 e. The minimum absolute atomic E-state index is 0.698. The lowest BCUT2D eigenvalue weighted by Gasteiger charge is -2.09.